The van der Waals surface area contributed by atoms with Crippen molar-refractivity contribution in [2.75, 3.05) is 31.2 Å². The van der Waals surface area contributed by atoms with E-state index in [4.69, 9.17) is 17.0 Å². The highest BCUT2D eigenvalue weighted by molar-refractivity contribution is 7.80. The number of anilines is 1. The Kier molecular flexibility index (Phi) is 6.64. The van der Waals surface area contributed by atoms with E-state index in [0.717, 1.165) is 45.3 Å². The number of rotatable bonds is 5. The van der Waals surface area contributed by atoms with E-state index in [0.29, 0.717) is 37.1 Å². The van der Waals surface area contributed by atoms with Crippen molar-refractivity contribution in [1.82, 2.24) is 14.8 Å². The molecule has 0 atom stereocenters. The molecule has 0 spiro atoms. The van der Waals surface area contributed by atoms with Crippen LogP contribution < -0.4 is 10.2 Å². The number of nitrogens with one attached hydrogen (secondary N) is 1. The molecule has 7 nitrogen and oxygen atoms in total. The number of aromatic nitrogens is 1. The normalized spacial score (nSPS) is 17.4. The highest BCUT2D eigenvalue weighted by atomic mass is 32.1. The van der Waals surface area contributed by atoms with Crippen molar-refractivity contribution in [3.8, 4) is 0 Å². The second-order valence-electron chi connectivity index (χ2n) is 9.27. The summed E-state index contributed by atoms with van der Waals surface area (Å²) in [5, 5.41) is 4.46. The van der Waals surface area contributed by atoms with Crippen LogP contribution in [0.2, 0.25) is 0 Å². The molecular formula is C28H30N4O3S. The van der Waals surface area contributed by atoms with E-state index in [1.807, 2.05) is 65.9 Å². The van der Waals surface area contributed by atoms with E-state index in [9.17, 15) is 9.59 Å². The van der Waals surface area contributed by atoms with Crippen LogP contribution in [0.4, 0.5) is 5.69 Å². The molecule has 3 heterocycles. The van der Waals surface area contributed by atoms with Gasteiger partial charge in [0.25, 0.3) is 5.91 Å². The quantitative estimate of drug-likeness (QED) is 0.423. The van der Waals surface area contributed by atoms with Gasteiger partial charge in [0.2, 0.25) is 5.91 Å². The zero-order valence-corrected chi connectivity index (χ0v) is 21.7. The van der Waals surface area contributed by atoms with Crippen LogP contribution in [0, 0.1) is 13.8 Å². The van der Waals surface area contributed by atoms with Crippen LogP contribution in [0.3, 0.4) is 0 Å². The molecule has 0 radical (unpaired) electrons. The van der Waals surface area contributed by atoms with Crippen molar-refractivity contribution in [2.24, 2.45) is 0 Å². The van der Waals surface area contributed by atoms with Gasteiger partial charge < -0.3 is 19.5 Å². The van der Waals surface area contributed by atoms with Crippen LogP contribution in [-0.2, 0) is 27.3 Å². The Morgan fingerprint density at radius 3 is 2.64 bits per heavy atom. The van der Waals surface area contributed by atoms with Crippen LogP contribution in [0.15, 0.2) is 48.3 Å². The van der Waals surface area contributed by atoms with Gasteiger partial charge in [-0.25, -0.2) is 0 Å². The molecule has 1 aromatic heterocycles. The van der Waals surface area contributed by atoms with E-state index in [1.165, 1.54) is 4.90 Å². The fourth-order valence-corrected chi connectivity index (χ4v) is 5.14. The van der Waals surface area contributed by atoms with Crippen molar-refractivity contribution < 1.29 is 14.3 Å². The maximum Gasteiger partial charge on any atom is 0.281 e. The Labute approximate surface area is 216 Å². The van der Waals surface area contributed by atoms with Crippen molar-refractivity contribution in [3.63, 3.8) is 0 Å². The van der Waals surface area contributed by atoms with E-state index in [1.54, 1.807) is 0 Å². The average molecular weight is 503 g/mol. The molecule has 2 aliphatic heterocycles. The van der Waals surface area contributed by atoms with Gasteiger partial charge in [-0.2, -0.15) is 0 Å². The lowest BCUT2D eigenvalue weighted by atomic mass is 10.1. The van der Waals surface area contributed by atoms with Crippen molar-refractivity contribution >= 4 is 51.8 Å². The van der Waals surface area contributed by atoms with Crippen LogP contribution in [0.5, 0.6) is 0 Å². The molecule has 8 heteroatoms. The summed E-state index contributed by atoms with van der Waals surface area (Å²) in [6, 6.07) is 12.0. The summed E-state index contributed by atoms with van der Waals surface area (Å²) in [5.74, 6) is -0.127. The van der Waals surface area contributed by atoms with Gasteiger partial charge in [-0.1, -0.05) is 31.2 Å². The fourth-order valence-electron chi connectivity index (χ4n) is 4.84. The fraction of sp³-hybridized carbons (Fsp3) is 0.321. The Morgan fingerprint density at radius 1 is 1.14 bits per heavy atom. The summed E-state index contributed by atoms with van der Waals surface area (Å²) in [5.41, 5.74) is 6.47. The van der Waals surface area contributed by atoms with Gasteiger partial charge in [0.15, 0.2) is 5.11 Å². The van der Waals surface area contributed by atoms with Gasteiger partial charge in [0, 0.05) is 30.2 Å². The monoisotopic (exact) mass is 502 g/mol. The van der Waals surface area contributed by atoms with Crippen LogP contribution in [0.1, 0.15) is 29.2 Å². The van der Waals surface area contributed by atoms with Gasteiger partial charge in [0.05, 0.1) is 24.4 Å². The summed E-state index contributed by atoms with van der Waals surface area (Å²) in [7, 11) is 0. The number of hydrogen-bond donors (Lipinski definition) is 1. The highest BCUT2D eigenvalue weighted by Gasteiger charge is 2.32. The minimum absolute atomic E-state index is 0.0671. The molecule has 36 heavy (non-hydrogen) atoms. The third-order valence-electron chi connectivity index (χ3n) is 6.99. The molecular weight excluding hydrogens is 472 g/mol. The number of ether oxygens (including phenoxy) is 1. The number of para-hydroxylation sites is 1. The first-order valence-electron chi connectivity index (χ1n) is 12.3. The van der Waals surface area contributed by atoms with E-state index in [-0.39, 0.29) is 18.4 Å². The molecule has 2 amide bonds. The zero-order valence-electron chi connectivity index (χ0n) is 20.8. The Morgan fingerprint density at radius 2 is 1.92 bits per heavy atom. The average Bonchev–Trinajstić information content (AvgIpc) is 3.37. The smallest absolute Gasteiger partial charge is 0.281 e. The summed E-state index contributed by atoms with van der Waals surface area (Å²) < 4.78 is 7.41. The number of nitrogens with zero attached hydrogens (tertiary/aromatic N) is 3. The Hall–Kier alpha value is -3.49. The minimum atomic E-state index is -0.194. The predicted octanol–water partition coefficient (Wildman–Crippen LogP) is 3.94. The maximum absolute atomic E-state index is 13.4. The predicted molar refractivity (Wildman–Crippen MR) is 146 cm³/mol. The first-order chi connectivity index (χ1) is 17.4. The van der Waals surface area contributed by atoms with E-state index in [2.05, 4.69) is 18.3 Å². The molecule has 0 unspecified atom stereocenters. The molecule has 1 N–H and O–H groups in total. The third kappa shape index (κ3) is 4.42. The van der Waals surface area contributed by atoms with Gasteiger partial charge >= 0.3 is 0 Å². The molecule has 0 saturated carbocycles. The molecule has 186 valence electrons. The number of morpholine rings is 1. The Balaban J connectivity index is 1.51. The van der Waals surface area contributed by atoms with Gasteiger partial charge in [-0.3, -0.25) is 14.5 Å². The molecule has 2 saturated heterocycles. The summed E-state index contributed by atoms with van der Waals surface area (Å²) in [4.78, 5) is 29.8. The molecule has 2 aliphatic rings. The molecule has 0 aliphatic carbocycles. The van der Waals surface area contributed by atoms with E-state index >= 15 is 0 Å². The summed E-state index contributed by atoms with van der Waals surface area (Å²) >= 11 is 5.53. The second-order valence-corrected chi connectivity index (χ2v) is 9.66. The van der Waals surface area contributed by atoms with Crippen molar-refractivity contribution in [1.29, 1.82) is 0 Å². The number of amides is 2. The highest BCUT2D eigenvalue weighted by Crippen LogP contribution is 2.30. The van der Waals surface area contributed by atoms with E-state index < -0.39 is 0 Å². The standard InChI is InChI=1S/C28H30N4O3S/c1-4-20-6-5-7-23-21(16-31(26(20)23)17-25(33)30-10-12-35-13-11-30)15-24-27(34)32(28(36)29-24)22-9-8-18(2)19(3)14-22/h5-9,14-16H,4,10-13,17H2,1-3H3,(H,29,36)/b24-15-. The largest absolute Gasteiger partial charge is 0.378 e. The van der Waals surface area contributed by atoms with Gasteiger partial charge in [0.1, 0.15) is 12.2 Å². The number of carbonyl (C=O) groups is 2. The topological polar surface area (TPSA) is 66.8 Å². The number of thiocarbonyl (C=S) groups is 1. The Bertz CT molecular complexity index is 1400. The lowest BCUT2D eigenvalue weighted by Crippen LogP contribution is -2.42. The third-order valence-corrected chi connectivity index (χ3v) is 7.27. The van der Waals surface area contributed by atoms with Gasteiger partial charge in [-0.05, 0) is 67.4 Å². The first kappa shape index (κ1) is 24.2. The van der Waals surface area contributed by atoms with Gasteiger partial charge in [-0.15, -0.1) is 0 Å². The number of aryl methyl sites for hydroxylation is 3. The lowest BCUT2D eigenvalue weighted by molar-refractivity contribution is -0.135. The summed E-state index contributed by atoms with van der Waals surface area (Å²) in [6.45, 7) is 8.77. The lowest BCUT2D eigenvalue weighted by Gasteiger charge is -2.27. The molecule has 2 fully saturated rings. The molecule has 3 aromatic rings. The van der Waals surface area contributed by atoms with Crippen molar-refractivity contribution in [2.45, 2.75) is 33.7 Å². The second kappa shape index (κ2) is 9.87. The van der Waals surface area contributed by atoms with Crippen LogP contribution in [0.25, 0.3) is 17.0 Å². The van der Waals surface area contributed by atoms with Crippen LogP contribution in [-0.4, -0.2) is 52.7 Å². The first-order valence-corrected chi connectivity index (χ1v) is 12.7. The SMILES string of the molecule is CCc1cccc2c(/C=C3\NC(=S)N(c4ccc(C)c(C)c4)C3=O)cn(CC(=O)N3CCOCC3)c12. The molecule has 2 aromatic carbocycles. The molecule has 5 rings (SSSR count). The minimum Gasteiger partial charge on any atom is -0.378 e. The number of carbonyl (C=O) groups excluding carboxylic acids is 2. The zero-order chi connectivity index (χ0) is 25.4. The molecule has 0 bridgehead atoms. The summed E-state index contributed by atoms with van der Waals surface area (Å²) in [6.07, 6.45) is 4.64. The van der Waals surface area contributed by atoms with Crippen LogP contribution >= 0.6 is 12.2 Å². The number of benzene rings is 2. The maximum atomic E-state index is 13.4. The number of fused-ring (bicyclic) bond motifs is 1. The number of hydrogen-bond acceptors (Lipinski definition) is 4. The van der Waals surface area contributed by atoms with Crippen molar-refractivity contribution in [3.05, 3.63) is 70.5 Å².